The van der Waals surface area contributed by atoms with Gasteiger partial charge in [-0.05, 0) is 187 Å². The van der Waals surface area contributed by atoms with Crippen LogP contribution >= 0.6 is 0 Å². The van der Waals surface area contributed by atoms with E-state index < -0.39 is 60.3 Å². The van der Waals surface area contributed by atoms with Crippen molar-refractivity contribution < 1.29 is 40.7 Å². The molecule has 18 nitrogen and oxygen atoms in total. The van der Waals surface area contributed by atoms with Crippen LogP contribution in [-0.4, -0.2) is 87.8 Å². The number of piperidine rings is 1. The predicted octanol–water partition coefficient (Wildman–Crippen LogP) is 11.3. The lowest BCUT2D eigenvalue weighted by atomic mass is 9.93. The van der Waals surface area contributed by atoms with Crippen molar-refractivity contribution in [3.63, 3.8) is 0 Å². The summed E-state index contributed by atoms with van der Waals surface area (Å²) in [6.07, 6.45) is -0.120. The molecule has 1 spiro atoms. The maximum absolute atomic E-state index is 15.4. The van der Waals surface area contributed by atoms with Gasteiger partial charge in [-0.3, -0.25) is 34.0 Å². The minimum Gasteiger partial charge on any atom is -0.367 e. The number of halogens is 6. The Kier molecular flexibility index (Phi) is 13.1. The summed E-state index contributed by atoms with van der Waals surface area (Å²) in [6, 6.07) is 25.8. The summed E-state index contributed by atoms with van der Waals surface area (Å²) < 4.78 is 91.9. The van der Waals surface area contributed by atoms with E-state index in [2.05, 4.69) is 42.7 Å². The molecule has 0 radical (unpaired) electrons. The van der Waals surface area contributed by atoms with Crippen molar-refractivity contribution in [1.29, 1.82) is 10.5 Å². The summed E-state index contributed by atoms with van der Waals surface area (Å²) in [5.74, 6) is -0.859. The Bertz CT molecular complexity index is 4280. The van der Waals surface area contributed by atoms with E-state index >= 15 is 18.0 Å². The van der Waals surface area contributed by atoms with Crippen molar-refractivity contribution in [2.24, 2.45) is 12.5 Å². The van der Waals surface area contributed by atoms with Crippen molar-refractivity contribution in [2.75, 3.05) is 39.7 Å². The van der Waals surface area contributed by atoms with Crippen LogP contribution in [0, 0.1) is 28.1 Å². The Labute approximate surface area is 493 Å². The molecule has 8 aromatic rings. The summed E-state index contributed by atoms with van der Waals surface area (Å²) in [4.78, 5) is 60.0. The highest BCUT2D eigenvalue weighted by molar-refractivity contribution is 6.11. The van der Waals surface area contributed by atoms with Crippen LogP contribution in [0.15, 0.2) is 104 Å². The summed E-state index contributed by atoms with van der Waals surface area (Å²) in [5, 5.41) is 41.2. The molecule has 24 heteroatoms. The van der Waals surface area contributed by atoms with Gasteiger partial charge in [0.2, 0.25) is 0 Å². The summed E-state index contributed by atoms with van der Waals surface area (Å²) in [7, 11) is 1.73. The van der Waals surface area contributed by atoms with Crippen molar-refractivity contribution in [3.8, 4) is 57.2 Å². The van der Waals surface area contributed by atoms with Gasteiger partial charge < -0.3 is 14.5 Å². The number of nitrogens with zero attached hydrogens (tertiary/aromatic N) is 14. The summed E-state index contributed by atoms with van der Waals surface area (Å²) in [5.41, 5.74) is 1.26. The van der Waals surface area contributed by atoms with Crippen LogP contribution in [0.5, 0.6) is 0 Å². The number of aromatic nitrogens is 8. The van der Waals surface area contributed by atoms with Gasteiger partial charge in [0.05, 0.1) is 47.5 Å². The average Bonchev–Trinajstić information content (AvgIpc) is 1.86. The van der Waals surface area contributed by atoms with Crippen LogP contribution in [0.1, 0.15) is 117 Å². The minimum atomic E-state index is -4.78. The Morgan fingerprint density at radius 3 is 1.86 bits per heavy atom. The fourth-order valence-corrected chi connectivity index (χ4v) is 13.0. The predicted molar refractivity (Wildman–Crippen MR) is 305 cm³/mol. The monoisotopic (exact) mass is 1180 g/mol. The second-order valence-corrected chi connectivity index (χ2v) is 23.4. The largest absolute Gasteiger partial charge is 0.416 e. The smallest absolute Gasteiger partial charge is 0.367 e. The maximum atomic E-state index is 15.4. The third-order valence-corrected chi connectivity index (χ3v) is 17.9. The second kappa shape index (κ2) is 20.7. The molecule has 87 heavy (non-hydrogen) atoms. The van der Waals surface area contributed by atoms with E-state index in [1.807, 2.05) is 0 Å². The molecule has 14 rings (SSSR count). The second-order valence-electron chi connectivity index (χ2n) is 23.4. The zero-order valence-electron chi connectivity index (χ0n) is 46.6. The van der Waals surface area contributed by atoms with E-state index in [0.29, 0.717) is 57.0 Å². The first kappa shape index (κ1) is 55.1. The van der Waals surface area contributed by atoms with Gasteiger partial charge in [0, 0.05) is 55.0 Å². The first-order valence-electron chi connectivity index (χ1n) is 28.6. The molecule has 4 aliphatic heterocycles. The molecule has 0 bridgehead atoms. The van der Waals surface area contributed by atoms with Crippen molar-refractivity contribution in [3.05, 3.63) is 154 Å². The molecule has 2 aliphatic carbocycles. The van der Waals surface area contributed by atoms with Gasteiger partial charge in [0.1, 0.15) is 42.0 Å². The minimum absolute atomic E-state index is 0.0310. The first-order valence-corrected chi connectivity index (χ1v) is 28.6. The Morgan fingerprint density at radius 1 is 0.621 bits per heavy atom. The first-order chi connectivity index (χ1) is 41.8. The number of nitriles is 2. The molecule has 4 aromatic carbocycles. The van der Waals surface area contributed by atoms with Crippen LogP contribution in [0.2, 0.25) is 0 Å². The number of benzene rings is 4. The highest BCUT2D eigenvalue weighted by Gasteiger charge is 2.48. The fraction of sp³-hybridized carbons (Fsp3) is 0.317. The quantitative estimate of drug-likeness (QED) is 0.113. The lowest BCUT2D eigenvalue weighted by Gasteiger charge is -2.33. The molecular weight excluding hydrogens is 1130 g/mol. The van der Waals surface area contributed by atoms with Crippen LogP contribution in [0.25, 0.3) is 45.0 Å². The van der Waals surface area contributed by atoms with Gasteiger partial charge >= 0.3 is 12.4 Å². The van der Waals surface area contributed by atoms with Gasteiger partial charge in [0.25, 0.3) is 17.7 Å². The molecule has 4 fully saturated rings. The van der Waals surface area contributed by atoms with Crippen LogP contribution in [-0.2, 0) is 43.8 Å². The lowest BCUT2D eigenvalue weighted by Crippen LogP contribution is -2.43. The number of rotatable bonds is 12. The van der Waals surface area contributed by atoms with Crippen LogP contribution in [0.3, 0.4) is 0 Å². The molecule has 2 saturated carbocycles. The maximum Gasteiger partial charge on any atom is 0.416 e. The number of carbonyl (C=O) groups excluding carboxylic acids is 3. The summed E-state index contributed by atoms with van der Waals surface area (Å²) in [6.45, 7) is 1.10. The zero-order valence-corrected chi connectivity index (χ0v) is 46.6. The zero-order chi connectivity index (χ0) is 60.3. The highest BCUT2D eigenvalue weighted by atomic mass is 19.4. The number of anilines is 4. The van der Waals surface area contributed by atoms with Gasteiger partial charge in [-0.2, -0.15) is 36.9 Å². The van der Waals surface area contributed by atoms with Crippen LogP contribution in [0.4, 0.5) is 49.6 Å². The van der Waals surface area contributed by atoms with E-state index in [-0.39, 0.29) is 87.6 Å². The molecule has 4 aromatic heterocycles. The molecule has 3 amide bonds. The van der Waals surface area contributed by atoms with Crippen molar-refractivity contribution in [1.82, 2.24) is 44.4 Å². The average molecular weight is 1180 g/mol. The Hall–Kier alpha value is -9.81. The van der Waals surface area contributed by atoms with E-state index in [1.165, 1.54) is 46.7 Å². The number of amides is 3. The molecule has 6 aliphatic rings. The van der Waals surface area contributed by atoms with E-state index in [4.69, 9.17) is 9.97 Å². The highest BCUT2D eigenvalue weighted by Crippen LogP contribution is 2.53. The third kappa shape index (κ3) is 9.86. The normalized spacial score (nSPS) is 18.3. The van der Waals surface area contributed by atoms with Crippen molar-refractivity contribution >= 4 is 41.0 Å². The molecule has 1 atom stereocenters. The number of hydrogen-bond donors (Lipinski definition) is 1. The number of likely N-dealkylation sites (tertiary alicyclic amines) is 1. The number of alkyl halides is 6. The van der Waals surface area contributed by atoms with E-state index in [1.54, 1.807) is 76.8 Å². The number of aryl methyl sites for hydroxylation is 1. The topological polar surface area (TPSA) is 211 Å². The Morgan fingerprint density at radius 2 is 1.24 bits per heavy atom. The van der Waals surface area contributed by atoms with Crippen molar-refractivity contribution in [2.45, 2.75) is 95.4 Å². The summed E-state index contributed by atoms with van der Waals surface area (Å²) >= 11 is 0. The number of fused-ring (bicyclic) bond motifs is 2. The standard InChI is InChI=1S/C63H51F6N15O3/c1-79-33-72-77-56(79)41-12-10-35(27-70)20-45(41)39-25-54(76-55(26-39)83-30-47-43(58(83)85)7-3-8-49(47)62(64,65)66)81-17-4-9-51(60(81)87)84-34-73-78-57(84)42-13-11-36(28-71)19-44(42)38-23-52(74-40-5-2-6-40)75-53(24-38)82-31-48-46(59(82)86)21-37(22-50(48)63(67,68)69)29-80-18-16-61(32-80)14-15-61/h3,7-8,10-13,19-26,33-34,40,51H,2,4-6,9,14-18,29-32H2,1H3,(H,74,75). The number of pyridine rings is 2. The third-order valence-electron chi connectivity index (χ3n) is 17.9. The number of carbonyl (C=O) groups is 3. The molecule has 438 valence electrons. The molecule has 1 N–H and O–H groups in total. The molecular formula is C63H51F6N15O3. The van der Waals surface area contributed by atoms with Gasteiger partial charge in [0.15, 0.2) is 11.6 Å². The van der Waals surface area contributed by atoms with E-state index in [0.717, 1.165) is 62.6 Å². The van der Waals surface area contributed by atoms with Gasteiger partial charge in [-0.15, -0.1) is 20.4 Å². The van der Waals surface area contributed by atoms with Gasteiger partial charge in [-0.25, -0.2) is 9.97 Å². The van der Waals surface area contributed by atoms with Gasteiger partial charge in [-0.1, -0.05) is 6.07 Å². The number of nitrogens with one attached hydrogen (secondary N) is 1. The SMILES string of the molecule is Cn1cnnc1-c1ccc(C#N)cc1-c1cc(N2Cc3c(cccc3C(F)(F)F)C2=O)nc(N2CCCC(n3cnnc3-c3ccc(C#N)cc3-c3cc(NC4CCC4)nc(N4Cc5c(cc(CN6CCC7(CC7)C6)cc5C(F)(F)F)C4=O)c3)C2=O)c1. The lowest BCUT2D eigenvalue weighted by molar-refractivity contribution is -0.139. The van der Waals surface area contributed by atoms with Crippen LogP contribution < -0.4 is 20.0 Å². The van der Waals surface area contributed by atoms with E-state index in [9.17, 15) is 33.3 Å². The number of hydrogen-bond acceptors (Lipinski definition) is 13. The Balaban J connectivity index is 0.837. The molecule has 8 heterocycles. The molecule has 2 saturated heterocycles. The molecule has 1 unspecified atom stereocenters. The fourth-order valence-electron chi connectivity index (χ4n) is 13.0.